The van der Waals surface area contributed by atoms with E-state index in [1.165, 1.54) is 18.6 Å². The van der Waals surface area contributed by atoms with Gasteiger partial charge in [0.05, 0.1) is 19.8 Å². The van der Waals surface area contributed by atoms with Crippen LogP contribution in [-0.4, -0.2) is 62.5 Å². The Morgan fingerprint density at radius 2 is 2.03 bits per heavy atom. The van der Waals surface area contributed by atoms with Gasteiger partial charge in [0.2, 0.25) is 5.91 Å². The van der Waals surface area contributed by atoms with E-state index in [1.807, 2.05) is 13.0 Å². The summed E-state index contributed by atoms with van der Waals surface area (Å²) in [6.45, 7) is 4.20. The fraction of sp³-hybridized carbons (Fsp3) is 0.636. The molecule has 1 aliphatic heterocycles. The molecule has 2 fully saturated rings. The monoisotopic (exact) mass is 422 g/mol. The van der Waals surface area contributed by atoms with Crippen molar-refractivity contribution in [3.8, 4) is 5.75 Å². The molecule has 1 aromatic rings. The number of alkyl carbamates (subject to hydrolysis) is 1. The van der Waals surface area contributed by atoms with E-state index in [4.69, 9.17) is 14.2 Å². The molecule has 7 nitrogen and oxygen atoms in total. The maximum absolute atomic E-state index is 13.5. The molecule has 2 amide bonds. The highest BCUT2D eigenvalue weighted by Gasteiger charge is 2.28. The number of hydrogen-bond acceptors (Lipinski definition) is 5. The van der Waals surface area contributed by atoms with Gasteiger partial charge >= 0.3 is 6.09 Å². The predicted octanol–water partition coefficient (Wildman–Crippen LogP) is 3.23. The van der Waals surface area contributed by atoms with E-state index < -0.39 is 6.09 Å². The van der Waals surface area contributed by atoms with Gasteiger partial charge in [-0.3, -0.25) is 4.79 Å². The molecule has 30 heavy (non-hydrogen) atoms. The third-order valence-electron chi connectivity index (χ3n) is 5.60. The van der Waals surface area contributed by atoms with Crippen molar-refractivity contribution in [2.45, 2.75) is 51.0 Å². The zero-order valence-electron chi connectivity index (χ0n) is 17.5. The molecule has 8 heteroatoms. The van der Waals surface area contributed by atoms with E-state index in [0.717, 1.165) is 18.4 Å². The summed E-state index contributed by atoms with van der Waals surface area (Å²) < 4.78 is 30.0. The van der Waals surface area contributed by atoms with Crippen molar-refractivity contribution in [1.82, 2.24) is 10.2 Å². The van der Waals surface area contributed by atoms with Gasteiger partial charge in [0.25, 0.3) is 0 Å². The topological polar surface area (TPSA) is 77.1 Å². The minimum absolute atomic E-state index is 0.0789. The molecule has 1 aliphatic carbocycles. The lowest BCUT2D eigenvalue weighted by atomic mass is 9.79. The van der Waals surface area contributed by atoms with Crippen molar-refractivity contribution in [2.24, 2.45) is 0 Å². The third kappa shape index (κ3) is 6.32. The summed E-state index contributed by atoms with van der Waals surface area (Å²) in [4.78, 5) is 25.2. The highest BCUT2D eigenvalue weighted by atomic mass is 19.1. The number of rotatable bonds is 10. The second-order valence-corrected chi connectivity index (χ2v) is 7.71. The van der Waals surface area contributed by atoms with Gasteiger partial charge in [0.1, 0.15) is 24.3 Å². The Labute approximate surface area is 176 Å². The predicted molar refractivity (Wildman–Crippen MR) is 109 cm³/mol. The lowest BCUT2D eigenvalue weighted by Crippen LogP contribution is -2.34. The van der Waals surface area contributed by atoms with E-state index in [9.17, 15) is 14.0 Å². The van der Waals surface area contributed by atoms with Crippen molar-refractivity contribution in [3.05, 3.63) is 29.6 Å². The van der Waals surface area contributed by atoms with Crippen molar-refractivity contribution in [3.63, 3.8) is 0 Å². The summed E-state index contributed by atoms with van der Waals surface area (Å²) in [5, 5.41) is 2.64. The third-order valence-corrected chi connectivity index (χ3v) is 5.60. The summed E-state index contributed by atoms with van der Waals surface area (Å²) in [6.07, 6.45) is 3.80. The summed E-state index contributed by atoms with van der Waals surface area (Å²) in [5.41, 5.74) is 1.07. The van der Waals surface area contributed by atoms with Gasteiger partial charge in [-0.05, 0) is 30.4 Å². The second-order valence-electron chi connectivity index (χ2n) is 7.71. The summed E-state index contributed by atoms with van der Waals surface area (Å²) in [6, 6.07) is 4.72. The van der Waals surface area contributed by atoms with Crippen molar-refractivity contribution in [1.29, 1.82) is 0 Å². The van der Waals surface area contributed by atoms with Gasteiger partial charge in [-0.1, -0.05) is 19.4 Å². The van der Waals surface area contributed by atoms with Crippen LogP contribution in [0.1, 0.15) is 50.5 Å². The zero-order valence-corrected chi connectivity index (χ0v) is 17.5. The minimum Gasteiger partial charge on any atom is -0.491 e. The first-order valence-corrected chi connectivity index (χ1v) is 10.8. The molecule has 1 N–H and O–H groups in total. The molecule has 1 unspecified atom stereocenters. The fourth-order valence-corrected chi connectivity index (χ4v) is 3.70. The first-order chi connectivity index (χ1) is 14.6. The van der Waals surface area contributed by atoms with Crippen LogP contribution in [0.5, 0.6) is 5.75 Å². The average molecular weight is 422 g/mol. The largest absolute Gasteiger partial charge is 0.491 e. The lowest BCUT2D eigenvalue weighted by molar-refractivity contribution is -0.130. The van der Waals surface area contributed by atoms with Crippen molar-refractivity contribution in [2.75, 3.05) is 39.5 Å². The number of likely N-dealkylation sites (tertiary alicyclic amines) is 1. The molecule has 0 aromatic heterocycles. The maximum atomic E-state index is 13.5. The SMILES string of the molecule is CCC(=O)N1CCC(OC(=O)NCCOCCOc2cc(F)ccc2C2CCC2)C1. The molecule has 0 bridgehead atoms. The Hall–Kier alpha value is -2.35. The van der Waals surface area contributed by atoms with Gasteiger partial charge in [-0.2, -0.15) is 0 Å². The number of ether oxygens (including phenoxy) is 3. The Balaban J connectivity index is 1.25. The molecule has 1 aromatic carbocycles. The van der Waals surface area contributed by atoms with Crippen LogP contribution in [-0.2, 0) is 14.3 Å². The van der Waals surface area contributed by atoms with Gasteiger partial charge in [-0.25, -0.2) is 9.18 Å². The number of hydrogen-bond donors (Lipinski definition) is 1. The van der Waals surface area contributed by atoms with Crippen LogP contribution in [0.15, 0.2) is 18.2 Å². The first-order valence-electron chi connectivity index (χ1n) is 10.8. The zero-order chi connectivity index (χ0) is 21.3. The van der Waals surface area contributed by atoms with Gasteiger partial charge in [-0.15, -0.1) is 0 Å². The maximum Gasteiger partial charge on any atom is 0.407 e. The fourth-order valence-electron chi connectivity index (χ4n) is 3.70. The van der Waals surface area contributed by atoms with Crippen LogP contribution in [0, 0.1) is 5.82 Å². The quantitative estimate of drug-likeness (QED) is 0.586. The molecule has 0 radical (unpaired) electrons. The molecule has 1 atom stereocenters. The molecule has 1 saturated carbocycles. The van der Waals surface area contributed by atoms with E-state index in [-0.39, 0.29) is 17.8 Å². The smallest absolute Gasteiger partial charge is 0.407 e. The minimum atomic E-state index is -0.504. The molecule has 0 spiro atoms. The van der Waals surface area contributed by atoms with Crippen LogP contribution in [0.4, 0.5) is 9.18 Å². The number of halogens is 1. The van der Waals surface area contributed by atoms with Crippen LogP contribution >= 0.6 is 0 Å². The Bertz CT molecular complexity index is 725. The van der Waals surface area contributed by atoms with Crippen molar-refractivity contribution >= 4 is 12.0 Å². The highest BCUT2D eigenvalue weighted by Crippen LogP contribution is 2.40. The Morgan fingerprint density at radius 1 is 1.20 bits per heavy atom. The Kier molecular flexibility index (Phi) is 8.30. The number of benzene rings is 1. The molecular formula is C22H31FN2O5. The van der Waals surface area contributed by atoms with E-state index in [0.29, 0.717) is 64.0 Å². The van der Waals surface area contributed by atoms with Crippen LogP contribution in [0.2, 0.25) is 0 Å². The standard InChI is InChI=1S/C22H31FN2O5/c1-2-21(26)25-10-8-18(15-25)30-22(27)24-9-11-28-12-13-29-20-14-17(23)6-7-19(20)16-4-3-5-16/h6-7,14,16,18H,2-5,8-13,15H2,1H3,(H,24,27). The van der Waals surface area contributed by atoms with Gasteiger partial charge in [0.15, 0.2) is 0 Å². The first kappa shape index (κ1) is 22.3. The van der Waals surface area contributed by atoms with Crippen LogP contribution in [0.25, 0.3) is 0 Å². The van der Waals surface area contributed by atoms with Crippen molar-refractivity contribution < 1.29 is 28.2 Å². The van der Waals surface area contributed by atoms with E-state index in [2.05, 4.69) is 5.32 Å². The van der Waals surface area contributed by atoms with E-state index >= 15 is 0 Å². The number of nitrogens with zero attached hydrogens (tertiary/aromatic N) is 1. The number of carbonyl (C=O) groups excluding carboxylic acids is 2. The number of amides is 2. The molecule has 3 rings (SSSR count). The van der Waals surface area contributed by atoms with Gasteiger partial charge < -0.3 is 24.4 Å². The van der Waals surface area contributed by atoms with Gasteiger partial charge in [0, 0.05) is 32.0 Å². The van der Waals surface area contributed by atoms with Crippen LogP contribution < -0.4 is 10.1 Å². The second kappa shape index (κ2) is 11.2. The molecule has 2 aliphatic rings. The summed E-state index contributed by atoms with van der Waals surface area (Å²) in [5.74, 6) is 0.831. The highest BCUT2D eigenvalue weighted by molar-refractivity contribution is 5.76. The summed E-state index contributed by atoms with van der Waals surface area (Å²) in [7, 11) is 0. The summed E-state index contributed by atoms with van der Waals surface area (Å²) >= 11 is 0. The average Bonchev–Trinajstić information content (AvgIpc) is 3.15. The van der Waals surface area contributed by atoms with E-state index in [1.54, 1.807) is 4.90 Å². The molecular weight excluding hydrogens is 391 g/mol. The number of carbonyl (C=O) groups is 2. The normalized spacial score (nSPS) is 18.7. The molecule has 1 heterocycles. The molecule has 1 saturated heterocycles. The Morgan fingerprint density at radius 3 is 2.77 bits per heavy atom. The number of nitrogens with one attached hydrogen (secondary N) is 1. The van der Waals surface area contributed by atoms with Crippen LogP contribution in [0.3, 0.4) is 0 Å². The molecule has 166 valence electrons. The lowest BCUT2D eigenvalue weighted by Gasteiger charge is -2.27.